The van der Waals surface area contributed by atoms with Gasteiger partial charge in [0.1, 0.15) is 0 Å². The molecule has 1 amide bonds. The van der Waals surface area contributed by atoms with Gasteiger partial charge in [0.05, 0.1) is 22.7 Å². The molecule has 0 aromatic heterocycles. The summed E-state index contributed by atoms with van der Waals surface area (Å²) in [5, 5.41) is 11.7. The third-order valence-electron chi connectivity index (χ3n) is 2.32. The highest BCUT2D eigenvalue weighted by atomic mass is 79.9. The lowest BCUT2D eigenvalue weighted by atomic mass is 10.1. The average molecular weight is 287 g/mol. The molecule has 0 aliphatic heterocycles. The van der Waals surface area contributed by atoms with Gasteiger partial charge in [-0.2, -0.15) is 0 Å². The highest BCUT2D eigenvalue weighted by Gasteiger charge is 2.14. The predicted octanol–water partition coefficient (Wildman–Crippen LogP) is 1.53. The summed E-state index contributed by atoms with van der Waals surface area (Å²) < 4.78 is 0.584. The van der Waals surface area contributed by atoms with Crippen LogP contribution in [0.4, 0.5) is 5.69 Å². The van der Waals surface area contributed by atoms with Crippen molar-refractivity contribution in [2.75, 3.05) is 12.3 Å². The summed E-state index contributed by atoms with van der Waals surface area (Å²) in [5.41, 5.74) is 6.67. The van der Waals surface area contributed by atoms with Gasteiger partial charge < -0.3 is 16.2 Å². The van der Waals surface area contributed by atoms with Gasteiger partial charge in [-0.1, -0.05) is 13.0 Å². The number of nitrogens with two attached hydrogens (primary N) is 1. The molecular formula is C11H15BrN2O2. The molecule has 0 radical (unpaired) electrons. The molecule has 4 N–H and O–H groups in total. The molecule has 0 fully saturated rings. The Morgan fingerprint density at radius 1 is 1.62 bits per heavy atom. The molecule has 0 heterocycles. The number of anilines is 1. The van der Waals surface area contributed by atoms with Crippen molar-refractivity contribution in [1.82, 2.24) is 5.32 Å². The Kier molecular flexibility index (Phi) is 4.76. The molecule has 0 spiro atoms. The molecule has 0 aliphatic carbocycles. The zero-order valence-corrected chi connectivity index (χ0v) is 10.6. The van der Waals surface area contributed by atoms with Gasteiger partial charge >= 0.3 is 0 Å². The molecule has 0 aliphatic rings. The minimum absolute atomic E-state index is 0.0673. The molecular weight excluding hydrogens is 272 g/mol. The van der Waals surface area contributed by atoms with Crippen molar-refractivity contribution in [3.8, 4) is 0 Å². The second-order valence-corrected chi connectivity index (χ2v) is 4.26. The first-order chi connectivity index (χ1) is 7.60. The van der Waals surface area contributed by atoms with Crippen LogP contribution >= 0.6 is 15.9 Å². The van der Waals surface area contributed by atoms with Crippen LogP contribution in [0, 0.1) is 0 Å². The van der Waals surface area contributed by atoms with Crippen molar-refractivity contribution < 1.29 is 9.90 Å². The standard InChI is InChI=1S/C11H15BrN2O2/c1-2-7(6-15)14-11(16)8-4-3-5-9(13)10(8)12/h3-5,7,15H,2,6,13H2,1H3,(H,14,16)/t7-/m1/s1. The van der Waals surface area contributed by atoms with E-state index in [1.807, 2.05) is 6.92 Å². The maximum Gasteiger partial charge on any atom is 0.252 e. The number of aliphatic hydroxyl groups excluding tert-OH is 1. The van der Waals surface area contributed by atoms with Crippen LogP contribution in [-0.4, -0.2) is 23.7 Å². The van der Waals surface area contributed by atoms with E-state index < -0.39 is 0 Å². The van der Waals surface area contributed by atoms with Crippen molar-refractivity contribution in [3.05, 3.63) is 28.2 Å². The molecule has 1 rings (SSSR count). The number of hydrogen-bond acceptors (Lipinski definition) is 3. The van der Waals surface area contributed by atoms with Crippen LogP contribution in [0.3, 0.4) is 0 Å². The van der Waals surface area contributed by atoms with Crippen molar-refractivity contribution in [3.63, 3.8) is 0 Å². The number of nitrogens with one attached hydrogen (secondary N) is 1. The second-order valence-electron chi connectivity index (χ2n) is 3.47. The lowest BCUT2D eigenvalue weighted by Crippen LogP contribution is -2.37. The topological polar surface area (TPSA) is 75.3 Å². The Bertz CT molecular complexity index is 378. The minimum atomic E-state index is -0.236. The van der Waals surface area contributed by atoms with Crippen LogP contribution in [0.25, 0.3) is 0 Å². The number of aliphatic hydroxyl groups is 1. The number of rotatable bonds is 4. The Morgan fingerprint density at radius 2 is 2.31 bits per heavy atom. The van der Waals surface area contributed by atoms with Crippen molar-refractivity contribution in [1.29, 1.82) is 0 Å². The van der Waals surface area contributed by atoms with E-state index in [1.54, 1.807) is 18.2 Å². The van der Waals surface area contributed by atoms with E-state index >= 15 is 0 Å². The predicted molar refractivity (Wildman–Crippen MR) is 67.2 cm³/mol. The number of nitrogen functional groups attached to an aromatic ring is 1. The third kappa shape index (κ3) is 2.96. The molecule has 0 unspecified atom stereocenters. The summed E-state index contributed by atoms with van der Waals surface area (Å²) >= 11 is 3.27. The molecule has 4 nitrogen and oxygen atoms in total. The van der Waals surface area contributed by atoms with Gasteiger partial charge in [0, 0.05) is 5.69 Å². The number of benzene rings is 1. The fourth-order valence-corrected chi connectivity index (χ4v) is 1.71. The van der Waals surface area contributed by atoms with E-state index in [9.17, 15) is 4.79 Å². The van der Waals surface area contributed by atoms with Gasteiger partial charge in [-0.15, -0.1) is 0 Å². The van der Waals surface area contributed by atoms with Gasteiger partial charge in [0.25, 0.3) is 5.91 Å². The Hall–Kier alpha value is -1.07. The van der Waals surface area contributed by atoms with Gasteiger partial charge in [-0.3, -0.25) is 4.79 Å². The number of hydrogen-bond donors (Lipinski definition) is 3. The van der Waals surface area contributed by atoms with Gasteiger partial charge in [0.2, 0.25) is 0 Å². The van der Waals surface area contributed by atoms with Crippen LogP contribution in [0.5, 0.6) is 0 Å². The highest BCUT2D eigenvalue weighted by Crippen LogP contribution is 2.23. The monoisotopic (exact) mass is 286 g/mol. The summed E-state index contributed by atoms with van der Waals surface area (Å²) in [6, 6.07) is 4.89. The Morgan fingerprint density at radius 3 is 2.88 bits per heavy atom. The third-order valence-corrected chi connectivity index (χ3v) is 3.21. The molecule has 0 bridgehead atoms. The van der Waals surface area contributed by atoms with Gasteiger partial charge in [-0.25, -0.2) is 0 Å². The van der Waals surface area contributed by atoms with E-state index in [-0.39, 0.29) is 18.6 Å². The fourth-order valence-electron chi connectivity index (χ4n) is 1.27. The first-order valence-electron chi connectivity index (χ1n) is 5.05. The lowest BCUT2D eigenvalue weighted by Gasteiger charge is -2.15. The zero-order valence-electron chi connectivity index (χ0n) is 9.03. The van der Waals surface area contributed by atoms with E-state index in [1.165, 1.54) is 0 Å². The SMILES string of the molecule is CC[C@H](CO)NC(=O)c1cccc(N)c1Br. The van der Waals surface area contributed by atoms with Crippen molar-refractivity contribution in [2.24, 2.45) is 0 Å². The van der Waals surface area contributed by atoms with E-state index in [0.29, 0.717) is 22.1 Å². The summed E-state index contributed by atoms with van der Waals surface area (Å²) in [5.74, 6) is -0.236. The van der Waals surface area contributed by atoms with Crippen molar-refractivity contribution >= 4 is 27.5 Å². The maximum atomic E-state index is 11.8. The molecule has 1 atom stereocenters. The van der Waals surface area contributed by atoms with Crippen molar-refractivity contribution in [2.45, 2.75) is 19.4 Å². The summed E-state index contributed by atoms with van der Waals surface area (Å²) in [7, 11) is 0. The second kappa shape index (κ2) is 5.86. The average Bonchev–Trinajstić information content (AvgIpc) is 2.29. The minimum Gasteiger partial charge on any atom is -0.398 e. The first kappa shape index (κ1) is 13.0. The van der Waals surface area contributed by atoms with Crippen LogP contribution in [0.2, 0.25) is 0 Å². The van der Waals surface area contributed by atoms with Gasteiger partial charge in [0.15, 0.2) is 0 Å². The van der Waals surface area contributed by atoms with Crippen LogP contribution < -0.4 is 11.1 Å². The molecule has 5 heteroatoms. The largest absolute Gasteiger partial charge is 0.398 e. The molecule has 88 valence electrons. The quantitative estimate of drug-likeness (QED) is 0.735. The lowest BCUT2D eigenvalue weighted by molar-refractivity contribution is 0.0914. The smallest absolute Gasteiger partial charge is 0.252 e. The summed E-state index contributed by atoms with van der Waals surface area (Å²) in [4.78, 5) is 11.8. The Balaban J connectivity index is 2.84. The van der Waals surface area contributed by atoms with Crippen LogP contribution in [-0.2, 0) is 0 Å². The number of amides is 1. The summed E-state index contributed by atoms with van der Waals surface area (Å²) in [6.45, 7) is 1.83. The first-order valence-corrected chi connectivity index (χ1v) is 5.85. The molecule has 0 saturated carbocycles. The van der Waals surface area contributed by atoms with Crippen LogP contribution in [0.1, 0.15) is 23.7 Å². The molecule has 0 saturated heterocycles. The molecule has 16 heavy (non-hydrogen) atoms. The molecule has 1 aromatic carbocycles. The maximum absolute atomic E-state index is 11.8. The van der Waals surface area contributed by atoms with E-state index in [2.05, 4.69) is 21.2 Å². The van der Waals surface area contributed by atoms with Gasteiger partial charge in [-0.05, 0) is 34.5 Å². The number of carbonyl (C=O) groups is 1. The van der Waals surface area contributed by atoms with E-state index in [4.69, 9.17) is 10.8 Å². The summed E-state index contributed by atoms with van der Waals surface area (Å²) in [6.07, 6.45) is 0.683. The fraction of sp³-hybridized carbons (Fsp3) is 0.364. The Labute approximate surface area is 103 Å². The normalized spacial score (nSPS) is 12.2. The number of carbonyl (C=O) groups excluding carboxylic acids is 1. The highest BCUT2D eigenvalue weighted by molar-refractivity contribution is 9.10. The van der Waals surface area contributed by atoms with Crippen LogP contribution in [0.15, 0.2) is 22.7 Å². The molecule has 1 aromatic rings. The number of halogens is 1. The van der Waals surface area contributed by atoms with E-state index in [0.717, 1.165) is 0 Å². The zero-order chi connectivity index (χ0) is 12.1.